The molecule has 0 aliphatic heterocycles. The molecule has 0 saturated carbocycles. The van der Waals surface area contributed by atoms with E-state index in [2.05, 4.69) is 41.5 Å². The van der Waals surface area contributed by atoms with E-state index in [4.69, 9.17) is 0 Å². The van der Waals surface area contributed by atoms with Crippen LogP contribution in [0.3, 0.4) is 0 Å². The molecular formula is C15H13FN2S. The number of hydrogen-bond donors (Lipinski definition) is 1. The van der Waals surface area contributed by atoms with Crippen molar-refractivity contribution in [2.45, 2.75) is 13.5 Å². The maximum Gasteiger partial charge on any atom is 0.184 e. The summed E-state index contributed by atoms with van der Waals surface area (Å²) in [6.45, 7) is 2.79. The fourth-order valence-corrected chi connectivity index (χ4v) is 2.70. The Morgan fingerprint density at radius 3 is 2.74 bits per heavy atom. The molecule has 1 N–H and O–H groups in total. The van der Waals surface area contributed by atoms with Gasteiger partial charge in [-0.3, -0.25) is 0 Å². The van der Waals surface area contributed by atoms with Crippen LogP contribution in [0.25, 0.3) is 10.2 Å². The summed E-state index contributed by atoms with van der Waals surface area (Å²) >= 11 is 1.54. The molecule has 1 aromatic heterocycles. The van der Waals surface area contributed by atoms with Crippen LogP contribution in [0, 0.1) is 12.7 Å². The summed E-state index contributed by atoms with van der Waals surface area (Å²) < 4.78 is 14.1. The first-order valence-corrected chi connectivity index (χ1v) is 6.88. The first kappa shape index (κ1) is 12.1. The number of aromatic nitrogens is 1. The second-order valence-electron chi connectivity index (χ2n) is 4.47. The van der Waals surface area contributed by atoms with E-state index in [1.807, 2.05) is 0 Å². The van der Waals surface area contributed by atoms with E-state index in [1.165, 1.54) is 34.6 Å². The number of aryl methyl sites for hydroxylation is 1. The largest absolute Gasteiger partial charge is 0.357 e. The molecule has 19 heavy (non-hydrogen) atoms. The SMILES string of the molecule is Cc1ccc(CNc2nc3cc(F)ccc3s2)cc1. The fraction of sp³-hybridized carbons (Fsp3) is 0.133. The van der Waals surface area contributed by atoms with Crippen LogP contribution in [-0.2, 0) is 6.54 Å². The van der Waals surface area contributed by atoms with E-state index < -0.39 is 0 Å². The zero-order chi connectivity index (χ0) is 13.2. The second-order valence-corrected chi connectivity index (χ2v) is 5.50. The molecule has 2 aromatic carbocycles. The Balaban J connectivity index is 1.76. The van der Waals surface area contributed by atoms with Gasteiger partial charge in [0.25, 0.3) is 0 Å². The minimum absolute atomic E-state index is 0.247. The van der Waals surface area contributed by atoms with Gasteiger partial charge in [-0.25, -0.2) is 9.37 Å². The van der Waals surface area contributed by atoms with Crippen molar-refractivity contribution in [1.82, 2.24) is 4.98 Å². The highest BCUT2D eigenvalue weighted by Gasteiger charge is 2.04. The monoisotopic (exact) mass is 272 g/mol. The highest BCUT2D eigenvalue weighted by molar-refractivity contribution is 7.22. The maximum absolute atomic E-state index is 13.1. The molecule has 3 rings (SSSR count). The highest BCUT2D eigenvalue weighted by Crippen LogP contribution is 2.26. The number of thiazole rings is 1. The highest BCUT2D eigenvalue weighted by atomic mass is 32.1. The first-order chi connectivity index (χ1) is 9.20. The molecule has 0 saturated heterocycles. The van der Waals surface area contributed by atoms with Crippen molar-refractivity contribution in [1.29, 1.82) is 0 Å². The molecular weight excluding hydrogens is 259 g/mol. The van der Waals surface area contributed by atoms with Gasteiger partial charge in [0.05, 0.1) is 10.2 Å². The number of nitrogens with one attached hydrogen (secondary N) is 1. The van der Waals surface area contributed by atoms with Gasteiger partial charge in [-0.2, -0.15) is 0 Å². The summed E-state index contributed by atoms with van der Waals surface area (Å²) in [7, 11) is 0. The standard InChI is InChI=1S/C15H13FN2S/c1-10-2-4-11(5-3-10)9-17-15-18-13-8-12(16)6-7-14(13)19-15/h2-8H,9H2,1H3,(H,17,18). The lowest BCUT2D eigenvalue weighted by Crippen LogP contribution is -1.98. The lowest BCUT2D eigenvalue weighted by Gasteiger charge is -2.02. The maximum atomic E-state index is 13.1. The Hall–Kier alpha value is -1.94. The molecule has 1 heterocycles. The van der Waals surface area contributed by atoms with E-state index in [1.54, 1.807) is 6.07 Å². The van der Waals surface area contributed by atoms with Gasteiger partial charge in [-0.1, -0.05) is 41.2 Å². The van der Waals surface area contributed by atoms with Gasteiger partial charge in [0.1, 0.15) is 5.82 Å². The molecule has 2 nitrogen and oxygen atoms in total. The van der Waals surface area contributed by atoms with Crippen molar-refractivity contribution in [2.75, 3.05) is 5.32 Å². The lowest BCUT2D eigenvalue weighted by molar-refractivity contribution is 0.629. The predicted molar refractivity (Wildman–Crippen MR) is 78.1 cm³/mol. The Bertz CT molecular complexity index is 704. The number of hydrogen-bond acceptors (Lipinski definition) is 3. The van der Waals surface area contributed by atoms with Crippen LogP contribution in [0.4, 0.5) is 9.52 Å². The lowest BCUT2D eigenvalue weighted by atomic mass is 10.1. The Morgan fingerprint density at radius 1 is 1.16 bits per heavy atom. The molecule has 4 heteroatoms. The molecule has 0 unspecified atom stereocenters. The number of rotatable bonds is 3. The molecule has 3 aromatic rings. The van der Waals surface area contributed by atoms with Gasteiger partial charge < -0.3 is 5.32 Å². The smallest absolute Gasteiger partial charge is 0.184 e. The molecule has 0 radical (unpaired) electrons. The minimum Gasteiger partial charge on any atom is -0.357 e. The van der Waals surface area contributed by atoms with E-state index in [0.29, 0.717) is 5.52 Å². The number of benzene rings is 2. The van der Waals surface area contributed by atoms with Gasteiger partial charge in [-0.15, -0.1) is 0 Å². The van der Waals surface area contributed by atoms with Crippen LogP contribution in [0.2, 0.25) is 0 Å². The number of anilines is 1. The number of nitrogens with zero attached hydrogens (tertiary/aromatic N) is 1. The summed E-state index contributed by atoms with van der Waals surface area (Å²) in [6.07, 6.45) is 0. The van der Waals surface area contributed by atoms with Crippen LogP contribution >= 0.6 is 11.3 Å². The third-order valence-electron chi connectivity index (χ3n) is 2.91. The molecule has 0 atom stereocenters. The van der Waals surface area contributed by atoms with Gasteiger partial charge in [0.2, 0.25) is 0 Å². The van der Waals surface area contributed by atoms with Gasteiger partial charge in [0, 0.05) is 12.6 Å². The van der Waals surface area contributed by atoms with Crippen molar-refractivity contribution in [3.8, 4) is 0 Å². The average Bonchev–Trinajstić information content (AvgIpc) is 2.80. The number of halogens is 1. The Labute approximate surface area is 114 Å². The van der Waals surface area contributed by atoms with Crippen LogP contribution < -0.4 is 5.32 Å². The molecule has 0 aliphatic rings. The molecule has 0 spiro atoms. The van der Waals surface area contributed by atoms with Gasteiger partial charge >= 0.3 is 0 Å². The van der Waals surface area contributed by atoms with Crippen LogP contribution in [0.1, 0.15) is 11.1 Å². The van der Waals surface area contributed by atoms with Crippen molar-refractivity contribution in [3.63, 3.8) is 0 Å². The Morgan fingerprint density at radius 2 is 1.95 bits per heavy atom. The quantitative estimate of drug-likeness (QED) is 0.766. The zero-order valence-corrected chi connectivity index (χ0v) is 11.3. The molecule has 0 fully saturated rings. The van der Waals surface area contributed by atoms with Crippen LogP contribution in [0.15, 0.2) is 42.5 Å². The third-order valence-corrected chi connectivity index (χ3v) is 3.91. The van der Waals surface area contributed by atoms with Gasteiger partial charge in [-0.05, 0) is 24.6 Å². The summed E-state index contributed by atoms with van der Waals surface area (Å²) in [5.74, 6) is -0.247. The first-order valence-electron chi connectivity index (χ1n) is 6.06. The second kappa shape index (κ2) is 4.97. The predicted octanol–water partition coefficient (Wildman–Crippen LogP) is 4.36. The molecule has 0 amide bonds. The van der Waals surface area contributed by atoms with Crippen molar-refractivity contribution in [2.24, 2.45) is 0 Å². The normalized spacial score (nSPS) is 10.8. The summed E-state index contributed by atoms with van der Waals surface area (Å²) in [6, 6.07) is 13.0. The third kappa shape index (κ3) is 2.74. The topological polar surface area (TPSA) is 24.9 Å². The van der Waals surface area contributed by atoms with Crippen LogP contribution in [-0.4, -0.2) is 4.98 Å². The van der Waals surface area contributed by atoms with Gasteiger partial charge in [0.15, 0.2) is 5.13 Å². The van der Waals surface area contributed by atoms with Crippen LogP contribution in [0.5, 0.6) is 0 Å². The van der Waals surface area contributed by atoms with Crippen molar-refractivity contribution < 1.29 is 4.39 Å². The average molecular weight is 272 g/mol. The van der Waals surface area contributed by atoms with E-state index in [0.717, 1.165) is 16.4 Å². The zero-order valence-electron chi connectivity index (χ0n) is 10.5. The minimum atomic E-state index is -0.247. The summed E-state index contributed by atoms with van der Waals surface area (Å²) in [5.41, 5.74) is 3.16. The molecule has 0 bridgehead atoms. The fourth-order valence-electron chi connectivity index (χ4n) is 1.86. The Kier molecular flexibility index (Phi) is 3.17. The molecule has 96 valence electrons. The summed E-state index contributed by atoms with van der Waals surface area (Å²) in [5, 5.41) is 4.09. The summed E-state index contributed by atoms with van der Waals surface area (Å²) in [4.78, 5) is 4.37. The van der Waals surface area contributed by atoms with E-state index in [9.17, 15) is 4.39 Å². The van der Waals surface area contributed by atoms with E-state index in [-0.39, 0.29) is 5.82 Å². The number of fused-ring (bicyclic) bond motifs is 1. The van der Waals surface area contributed by atoms with E-state index >= 15 is 0 Å². The van der Waals surface area contributed by atoms with Crippen molar-refractivity contribution >= 4 is 26.7 Å². The molecule has 0 aliphatic carbocycles. The van der Waals surface area contributed by atoms with Crippen molar-refractivity contribution in [3.05, 3.63) is 59.4 Å².